The molecule has 1 aliphatic heterocycles. The second-order valence-corrected chi connectivity index (χ2v) is 2.60. The van der Waals surface area contributed by atoms with Gasteiger partial charge in [0.15, 0.2) is 0 Å². The van der Waals surface area contributed by atoms with Gasteiger partial charge in [0.05, 0.1) is 0 Å². The molecule has 0 aliphatic carbocycles. The molecule has 0 radical (unpaired) electrons. The smallest absolute Gasteiger partial charge is 0.228 e. The molecule has 60 valence electrons. The van der Waals surface area contributed by atoms with Gasteiger partial charge in [0.2, 0.25) is 5.88 Å². The van der Waals surface area contributed by atoms with Crippen molar-refractivity contribution in [1.82, 2.24) is 0 Å². The van der Waals surface area contributed by atoms with Crippen LogP contribution < -0.4 is 0 Å². The van der Waals surface area contributed by atoms with Gasteiger partial charge in [-0.2, -0.15) is 5.11 Å². The summed E-state index contributed by atoms with van der Waals surface area (Å²) >= 11 is 0. The lowest BCUT2D eigenvalue weighted by Gasteiger charge is -2.00. The monoisotopic (exact) mass is 160 g/mol. The second kappa shape index (κ2) is 2.77. The van der Waals surface area contributed by atoms with Gasteiger partial charge in [0, 0.05) is 6.08 Å². The summed E-state index contributed by atoms with van der Waals surface area (Å²) in [6, 6.07) is 9.63. The van der Waals surface area contributed by atoms with Gasteiger partial charge in [-0.15, -0.1) is 5.11 Å². The van der Waals surface area contributed by atoms with Crippen LogP contribution in [0.2, 0.25) is 0 Å². The summed E-state index contributed by atoms with van der Waals surface area (Å²) in [4.78, 5) is 0. The topological polar surface area (TPSA) is 45.0 Å². The fraction of sp³-hybridized carbons (Fsp3) is 0.111. The van der Waals surface area contributed by atoms with Crippen LogP contribution >= 0.6 is 0 Å². The molecule has 0 saturated heterocycles. The van der Waals surface area contributed by atoms with Gasteiger partial charge in [-0.3, -0.25) is 0 Å². The minimum atomic E-state index is -0.105. The number of rotatable bonds is 1. The molecule has 12 heavy (non-hydrogen) atoms. The molecule has 3 heteroatoms. The van der Waals surface area contributed by atoms with E-state index < -0.39 is 0 Å². The Morgan fingerprint density at radius 1 is 1.17 bits per heavy atom. The first-order valence-corrected chi connectivity index (χ1v) is 3.73. The van der Waals surface area contributed by atoms with Gasteiger partial charge >= 0.3 is 0 Å². The fourth-order valence-corrected chi connectivity index (χ4v) is 1.14. The Morgan fingerprint density at radius 2 is 1.92 bits per heavy atom. The van der Waals surface area contributed by atoms with Crippen molar-refractivity contribution in [3.05, 3.63) is 47.9 Å². The van der Waals surface area contributed by atoms with Crippen LogP contribution in [0.15, 0.2) is 52.5 Å². The lowest BCUT2D eigenvalue weighted by molar-refractivity contribution is 0.405. The highest BCUT2D eigenvalue weighted by atomic mass is 16.3. The van der Waals surface area contributed by atoms with Gasteiger partial charge < -0.3 is 5.11 Å². The average molecular weight is 160 g/mol. The van der Waals surface area contributed by atoms with Crippen molar-refractivity contribution in [1.29, 1.82) is 0 Å². The molecule has 1 unspecified atom stereocenters. The number of hydrogen-bond acceptors (Lipinski definition) is 3. The molecular weight excluding hydrogens is 152 g/mol. The standard InChI is InChI=1S/C9H8N2O/c12-9-6-8(10-11-9)7-4-2-1-3-5-7/h1-6,8,12H. The molecular formula is C9H8N2O. The van der Waals surface area contributed by atoms with Crippen LogP contribution in [-0.4, -0.2) is 5.11 Å². The van der Waals surface area contributed by atoms with Crippen LogP contribution in [0.3, 0.4) is 0 Å². The van der Waals surface area contributed by atoms with Gasteiger partial charge in [0.25, 0.3) is 0 Å². The van der Waals surface area contributed by atoms with Crippen molar-refractivity contribution in [2.24, 2.45) is 10.2 Å². The number of benzene rings is 1. The maximum atomic E-state index is 8.96. The largest absolute Gasteiger partial charge is 0.492 e. The summed E-state index contributed by atoms with van der Waals surface area (Å²) in [5.74, 6) is 0.00357. The molecule has 0 spiro atoms. The highest BCUT2D eigenvalue weighted by Crippen LogP contribution is 2.25. The Morgan fingerprint density at radius 3 is 2.50 bits per heavy atom. The van der Waals surface area contributed by atoms with E-state index in [-0.39, 0.29) is 11.9 Å². The predicted molar refractivity (Wildman–Crippen MR) is 44.8 cm³/mol. The highest BCUT2D eigenvalue weighted by Gasteiger charge is 2.12. The predicted octanol–water partition coefficient (Wildman–Crippen LogP) is 2.59. The summed E-state index contributed by atoms with van der Waals surface area (Å²) in [5, 5.41) is 16.4. The van der Waals surface area contributed by atoms with Crippen LogP contribution in [0.4, 0.5) is 0 Å². The molecule has 1 heterocycles. The first-order valence-electron chi connectivity index (χ1n) is 3.73. The third kappa shape index (κ3) is 1.21. The zero-order chi connectivity index (χ0) is 8.39. The Bertz CT molecular complexity index is 330. The van der Waals surface area contributed by atoms with Gasteiger partial charge in [-0.05, 0) is 5.56 Å². The first-order chi connectivity index (χ1) is 5.86. The van der Waals surface area contributed by atoms with Crippen molar-refractivity contribution < 1.29 is 5.11 Å². The van der Waals surface area contributed by atoms with Crippen molar-refractivity contribution >= 4 is 0 Å². The van der Waals surface area contributed by atoms with Crippen molar-refractivity contribution in [3.8, 4) is 0 Å². The number of azo groups is 1. The molecule has 1 aromatic carbocycles. The van der Waals surface area contributed by atoms with Crippen molar-refractivity contribution in [2.75, 3.05) is 0 Å². The van der Waals surface area contributed by atoms with E-state index in [0.29, 0.717) is 0 Å². The Balaban J connectivity index is 2.29. The van der Waals surface area contributed by atoms with Crippen LogP contribution in [-0.2, 0) is 0 Å². The maximum Gasteiger partial charge on any atom is 0.228 e. The molecule has 3 nitrogen and oxygen atoms in total. The number of aliphatic hydroxyl groups excluding tert-OH is 1. The summed E-state index contributed by atoms with van der Waals surface area (Å²) in [6.45, 7) is 0. The average Bonchev–Trinajstić information content (AvgIpc) is 2.54. The molecule has 0 bridgehead atoms. The van der Waals surface area contributed by atoms with Crippen molar-refractivity contribution in [3.63, 3.8) is 0 Å². The molecule has 1 aromatic rings. The van der Waals surface area contributed by atoms with E-state index >= 15 is 0 Å². The molecule has 2 rings (SSSR count). The summed E-state index contributed by atoms with van der Waals surface area (Å²) in [7, 11) is 0. The minimum absolute atomic E-state index is 0.00357. The minimum Gasteiger partial charge on any atom is -0.492 e. The normalized spacial score (nSPS) is 21.0. The van der Waals surface area contributed by atoms with Crippen LogP contribution in [0.1, 0.15) is 11.6 Å². The first kappa shape index (κ1) is 7.03. The number of nitrogens with zero attached hydrogens (tertiary/aromatic N) is 2. The highest BCUT2D eigenvalue weighted by molar-refractivity contribution is 5.24. The van der Waals surface area contributed by atoms with E-state index in [1.54, 1.807) is 6.08 Å². The fourth-order valence-electron chi connectivity index (χ4n) is 1.14. The molecule has 1 atom stereocenters. The molecule has 0 fully saturated rings. The summed E-state index contributed by atoms with van der Waals surface area (Å²) in [6.07, 6.45) is 1.62. The van der Waals surface area contributed by atoms with E-state index in [2.05, 4.69) is 10.2 Å². The van der Waals surface area contributed by atoms with Crippen LogP contribution in [0.5, 0.6) is 0 Å². The SMILES string of the molecule is OC1=CC(c2ccccc2)N=N1. The summed E-state index contributed by atoms with van der Waals surface area (Å²) in [5.41, 5.74) is 1.05. The Kier molecular flexibility index (Phi) is 1.63. The molecule has 1 aliphatic rings. The zero-order valence-corrected chi connectivity index (χ0v) is 6.38. The van der Waals surface area contributed by atoms with Crippen LogP contribution in [0.25, 0.3) is 0 Å². The molecule has 0 saturated carbocycles. The molecule has 1 N–H and O–H groups in total. The zero-order valence-electron chi connectivity index (χ0n) is 6.38. The van der Waals surface area contributed by atoms with E-state index in [4.69, 9.17) is 5.11 Å². The second-order valence-electron chi connectivity index (χ2n) is 2.60. The summed E-state index contributed by atoms with van der Waals surface area (Å²) < 4.78 is 0. The van der Waals surface area contributed by atoms with E-state index in [1.165, 1.54) is 0 Å². The van der Waals surface area contributed by atoms with E-state index in [9.17, 15) is 0 Å². The van der Waals surface area contributed by atoms with Crippen molar-refractivity contribution in [2.45, 2.75) is 6.04 Å². The lowest BCUT2D eigenvalue weighted by Crippen LogP contribution is -1.86. The molecule has 0 amide bonds. The number of aliphatic hydroxyl groups is 1. The Hall–Kier alpha value is -1.64. The molecule has 0 aromatic heterocycles. The third-order valence-corrected chi connectivity index (χ3v) is 1.73. The van der Waals surface area contributed by atoms with Crippen LogP contribution in [0, 0.1) is 0 Å². The van der Waals surface area contributed by atoms with Gasteiger partial charge in [0.1, 0.15) is 6.04 Å². The third-order valence-electron chi connectivity index (χ3n) is 1.73. The maximum absolute atomic E-state index is 8.96. The number of hydrogen-bond donors (Lipinski definition) is 1. The van der Waals surface area contributed by atoms with Gasteiger partial charge in [-0.25, -0.2) is 0 Å². The lowest BCUT2D eigenvalue weighted by atomic mass is 10.1. The van der Waals surface area contributed by atoms with E-state index in [1.807, 2.05) is 30.3 Å². The quantitative estimate of drug-likeness (QED) is 0.674. The van der Waals surface area contributed by atoms with Gasteiger partial charge in [-0.1, -0.05) is 30.3 Å². The Labute approximate surface area is 70.1 Å². The van der Waals surface area contributed by atoms with E-state index in [0.717, 1.165) is 5.56 Å².